The number of piperidine rings is 1. The topological polar surface area (TPSA) is 100 Å². The predicted molar refractivity (Wildman–Crippen MR) is 114 cm³/mol. The summed E-state index contributed by atoms with van der Waals surface area (Å²) in [4.78, 5) is 26.6. The van der Waals surface area contributed by atoms with Crippen molar-refractivity contribution in [3.05, 3.63) is 41.2 Å². The number of rotatable bonds is 9. The van der Waals surface area contributed by atoms with Gasteiger partial charge in [-0.1, -0.05) is 11.6 Å². The van der Waals surface area contributed by atoms with E-state index < -0.39 is 31.4 Å². The number of aromatic nitrogens is 3. The maximum absolute atomic E-state index is 13.1. The van der Waals surface area contributed by atoms with Gasteiger partial charge >= 0.3 is 6.18 Å². The van der Waals surface area contributed by atoms with E-state index in [2.05, 4.69) is 10.3 Å². The van der Waals surface area contributed by atoms with Crippen molar-refractivity contribution in [3.63, 3.8) is 0 Å². The Morgan fingerprint density at radius 3 is 2.38 bits per heavy atom. The molecular formula is C22H27F4N5O3. The number of likely N-dealkylation sites (tertiary alicyclic amines) is 1. The molecule has 0 spiro atoms. The first-order chi connectivity index (χ1) is 16.2. The zero-order chi connectivity index (χ0) is 24.7. The van der Waals surface area contributed by atoms with Crippen LogP contribution in [0.25, 0.3) is 5.69 Å². The summed E-state index contributed by atoms with van der Waals surface area (Å²) in [5.41, 5.74) is 1.22. The molecule has 0 saturated carbocycles. The number of aliphatic hydroxyl groups excluding tert-OH is 1. The van der Waals surface area contributed by atoms with Crippen LogP contribution in [0.3, 0.4) is 0 Å². The van der Waals surface area contributed by atoms with Gasteiger partial charge in [0, 0.05) is 18.7 Å². The molecule has 186 valence electrons. The number of halogens is 4. The molecule has 1 aliphatic heterocycles. The van der Waals surface area contributed by atoms with Crippen molar-refractivity contribution < 1.29 is 32.3 Å². The van der Waals surface area contributed by atoms with Crippen LogP contribution in [-0.2, 0) is 6.42 Å². The molecule has 2 amide bonds. The summed E-state index contributed by atoms with van der Waals surface area (Å²) in [6, 6.07) is 5.74. The highest BCUT2D eigenvalue weighted by molar-refractivity contribution is 5.94. The molecule has 34 heavy (non-hydrogen) atoms. The molecule has 2 heterocycles. The highest BCUT2D eigenvalue weighted by atomic mass is 19.4. The third-order valence-corrected chi connectivity index (χ3v) is 5.59. The first-order valence-corrected chi connectivity index (χ1v) is 11.1. The van der Waals surface area contributed by atoms with Crippen LogP contribution in [0.5, 0.6) is 0 Å². The molecule has 8 nitrogen and oxygen atoms in total. The minimum absolute atomic E-state index is 0.0424. The largest absolute Gasteiger partial charge is 0.405 e. The van der Waals surface area contributed by atoms with E-state index in [0.29, 0.717) is 63.0 Å². The molecule has 1 fully saturated rings. The molecule has 0 unspecified atom stereocenters. The summed E-state index contributed by atoms with van der Waals surface area (Å²) in [7, 11) is 0. The van der Waals surface area contributed by atoms with E-state index in [9.17, 15) is 32.3 Å². The van der Waals surface area contributed by atoms with Gasteiger partial charge < -0.3 is 15.3 Å². The lowest BCUT2D eigenvalue weighted by Gasteiger charge is -2.29. The highest BCUT2D eigenvalue weighted by Crippen LogP contribution is 2.21. The molecule has 0 aliphatic carbocycles. The molecule has 1 aromatic carbocycles. The number of carbonyl (C=O) groups is 2. The quantitative estimate of drug-likeness (QED) is 0.420. The summed E-state index contributed by atoms with van der Waals surface area (Å²) in [6.07, 6.45) is -1.96. The zero-order valence-electron chi connectivity index (χ0n) is 18.5. The number of nitrogens with zero attached hydrogens (tertiary/aromatic N) is 4. The first kappa shape index (κ1) is 25.6. The highest BCUT2D eigenvalue weighted by Gasteiger charge is 2.29. The van der Waals surface area contributed by atoms with Crippen LogP contribution in [0.2, 0.25) is 0 Å². The van der Waals surface area contributed by atoms with Crippen molar-refractivity contribution in [2.75, 3.05) is 26.3 Å². The summed E-state index contributed by atoms with van der Waals surface area (Å²) < 4.78 is 51.0. The monoisotopic (exact) mass is 485 g/mol. The minimum Gasteiger partial charge on any atom is -0.393 e. The van der Waals surface area contributed by atoms with Gasteiger partial charge in [-0.05, 0) is 56.4 Å². The van der Waals surface area contributed by atoms with Gasteiger partial charge in [0.25, 0.3) is 11.8 Å². The molecule has 0 radical (unpaired) electrons. The minimum atomic E-state index is -4.51. The smallest absolute Gasteiger partial charge is 0.393 e. The van der Waals surface area contributed by atoms with E-state index in [1.165, 1.54) is 28.9 Å². The molecule has 12 heteroatoms. The number of nitrogens with one attached hydrogen (secondary N) is 1. The number of benzene rings is 1. The third kappa shape index (κ3) is 6.75. The van der Waals surface area contributed by atoms with Crippen LogP contribution >= 0.6 is 0 Å². The molecule has 0 bridgehead atoms. The second kappa shape index (κ2) is 11.4. The summed E-state index contributed by atoms with van der Waals surface area (Å²) in [5.74, 6) is -1.17. The van der Waals surface area contributed by atoms with Gasteiger partial charge in [0.05, 0.1) is 24.2 Å². The molecule has 3 rings (SSSR count). The van der Waals surface area contributed by atoms with Crippen molar-refractivity contribution in [2.24, 2.45) is 0 Å². The number of hydrogen-bond acceptors (Lipinski definition) is 5. The zero-order valence-corrected chi connectivity index (χ0v) is 18.5. The van der Waals surface area contributed by atoms with Crippen LogP contribution in [-0.4, -0.2) is 75.4 Å². The molecule has 2 N–H and O–H groups in total. The predicted octanol–water partition coefficient (Wildman–Crippen LogP) is 2.84. The normalized spacial score (nSPS) is 14.9. The SMILES string of the molecule is O=C(NCC(F)(F)F)c1ccc(-n2nnc(C(=O)N3CCC(O)CC3)c2CCCCCF)cc1. The molecule has 1 aromatic heterocycles. The van der Waals surface area contributed by atoms with Crippen molar-refractivity contribution in [3.8, 4) is 5.69 Å². The van der Waals surface area contributed by atoms with Crippen LogP contribution < -0.4 is 5.32 Å². The lowest BCUT2D eigenvalue weighted by atomic mass is 10.1. The fourth-order valence-corrected chi connectivity index (χ4v) is 3.72. The number of amides is 2. The summed E-state index contributed by atoms with van der Waals surface area (Å²) >= 11 is 0. The average Bonchev–Trinajstić information content (AvgIpc) is 3.23. The number of unbranched alkanes of at least 4 members (excludes halogenated alkanes) is 2. The van der Waals surface area contributed by atoms with E-state index >= 15 is 0 Å². The standard InChI is InChI=1S/C22H27F4N5O3/c23-11-3-1-2-4-18-19(21(34)30-12-9-17(32)10-13-30)28-29-31(18)16-7-5-15(6-8-16)20(33)27-14-22(24,25)26/h5-8,17,32H,1-4,9-14H2,(H,27,33). The Hall–Kier alpha value is -3.02. The number of carbonyl (C=O) groups excluding carboxylic acids is 2. The van der Waals surface area contributed by atoms with Crippen molar-refractivity contribution in [1.82, 2.24) is 25.2 Å². The number of aliphatic hydroxyl groups is 1. The van der Waals surface area contributed by atoms with Gasteiger partial charge in [-0.15, -0.1) is 5.10 Å². The Bertz CT molecular complexity index is 970. The molecule has 1 saturated heterocycles. The van der Waals surface area contributed by atoms with Gasteiger partial charge in [0.1, 0.15) is 6.54 Å². The molecular weight excluding hydrogens is 458 g/mol. The van der Waals surface area contributed by atoms with E-state index in [0.717, 1.165) is 0 Å². The molecule has 2 aromatic rings. The number of alkyl halides is 4. The maximum Gasteiger partial charge on any atom is 0.405 e. The van der Waals surface area contributed by atoms with E-state index in [4.69, 9.17) is 0 Å². The lowest BCUT2D eigenvalue weighted by molar-refractivity contribution is -0.123. The lowest BCUT2D eigenvalue weighted by Crippen LogP contribution is -2.40. The van der Waals surface area contributed by atoms with Crippen molar-refractivity contribution in [1.29, 1.82) is 0 Å². The number of hydrogen-bond donors (Lipinski definition) is 2. The Morgan fingerprint density at radius 1 is 1.09 bits per heavy atom. The van der Waals surface area contributed by atoms with Crippen molar-refractivity contribution in [2.45, 2.75) is 50.8 Å². The Labute approximate surface area is 193 Å². The van der Waals surface area contributed by atoms with Crippen LogP contribution in [0, 0.1) is 0 Å². The molecule has 1 aliphatic rings. The second-order valence-electron chi connectivity index (χ2n) is 8.16. The Kier molecular flexibility index (Phi) is 8.59. The fraction of sp³-hybridized carbons (Fsp3) is 0.545. The van der Waals surface area contributed by atoms with E-state index in [1.54, 1.807) is 4.90 Å². The Morgan fingerprint density at radius 2 is 1.76 bits per heavy atom. The van der Waals surface area contributed by atoms with Gasteiger partial charge in [-0.2, -0.15) is 13.2 Å². The Balaban J connectivity index is 1.81. The maximum atomic E-state index is 13.1. The first-order valence-electron chi connectivity index (χ1n) is 11.1. The second-order valence-corrected chi connectivity index (χ2v) is 8.16. The van der Waals surface area contributed by atoms with Crippen LogP contribution in [0.1, 0.15) is 58.6 Å². The van der Waals surface area contributed by atoms with Crippen LogP contribution in [0.4, 0.5) is 17.6 Å². The fourth-order valence-electron chi connectivity index (χ4n) is 3.72. The van der Waals surface area contributed by atoms with Crippen molar-refractivity contribution >= 4 is 11.8 Å². The van der Waals surface area contributed by atoms with E-state index in [-0.39, 0.29) is 17.2 Å². The van der Waals surface area contributed by atoms with Gasteiger partial charge in [0.2, 0.25) is 0 Å². The van der Waals surface area contributed by atoms with Gasteiger partial charge in [0.15, 0.2) is 5.69 Å². The summed E-state index contributed by atoms with van der Waals surface area (Å²) in [5, 5.41) is 19.7. The third-order valence-electron chi connectivity index (χ3n) is 5.59. The van der Waals surface area contributed by atoms with E-state index in [1.807, 2.05) is 5.32 Å². The van der Waals surface area contributed by atoms with Crippen LogP contribution in [0.15, 0.2) is 24.3 Å². The summed E-state index contributed by atoms with van der Waals surface area (Å²) in [6.45, 7) is -1.07. The average molecular weight is 485 g/mol. The van der Waals surface area contributed by atoms with Gasteiger partial charge in [-0.25, -0.2) is 4.68 Å². The molecule has 0 atom stereocenters. The van der Waals surface area contributed by atoms with Gasteiger partial charge in [-0.3, -0.25) is 14.0 Å².